The third-order valence-electron chi connectivity index (χ3n) is 2.54. The molecular formula is C14H14FNO2. The molecule has 94 valence electrons. The van der Waals surface area contributed by atoms with Gasteiger partial charge in [-0.05, 0) is 24.3 Å². The number of hydrogen-bond acceptors (Lipinski definition) is 3. The molecular weight excluding hydrogens is 233 g/mol. The first-order valence-corrected chi connectivity index (χ1v) is 5.48. The number of nitrogens with one attached hydrogen (secondary N) is 1. The Kier molecular flexibility index (Phi) is 3.67. The van der Waals surface area contributed by atoms with Gasteiger partial charge in [-0.15, -0.1) is 0 Å². The highest BCUT2D eigenvalue weighted by atomic mass is 19.1. The molecule has 0 radical (unpaired) electrons. The number of methoxy groups -OCH3 is 2. The molecule has 0 saturated heterocycles. The van der Waals surface area contributed by atoms with E-state index in [1.54, 1.807) is 19.2 Å². The van der Waals surface area contributed by atoms with Gasteiger partial charge >= 0.3 is 0 Å². The van der Waals surface area contributed by atoms with Gasteiger partial charge < -0.3 is 14.8 Å². The summed E-state index contributed by atoms with van der Waals surface area (Å²) >= 11 is 0. The molecule has 18 heavy (non-hydrogen) atoms. The van der Waals surface area contributed by atoms with Crippen LogP contribution in [0.15, 0.2) is 42.5 Å². The summed E-state index contributed by atoms with van der Waals surface area (Å²) in [5, 5.41) is 3.10. The van der Waals surface area contributed by atoms with Gasteiger partial charge in [0, 0.05) is 11.8 Å². The lowest BCUT2D eigenvalue weighted by molar-refractivity contribution is 0.386. The second-order valence-corrected chi connectivity index (χ2v) is 3.67. The summed E-state index contributed by atoms with van der Waals surface area (Å²) in [5.41, 5.74) is 1.42. The Morgan fingerprint density at radius 2 is 1.67 bits per heavy atom. The van der Waals surface area contributed by atoms with Crippen LogP contribution in [0.5, 0.6) is 11.5 Å². The van der Waals surface area contributed by atoms with E-state index < -0.39 is 5.82 Å². The lowest BCUT2D eigenvalue weighted by Gasteiger charge is -2.11. The van der Waals surface area contributed by atoms with E-state index in [9.17, 15) is 4.39 Å². The van der Waals surface area contributed by atoms with Crippen molar-refractivity contribution >= 4 is 11.4 Å². The van der Waals surface area contributed by atoms with E-state index in [4.69, 9.17) is 9.47 Å². The molecule has 0 fully saturated rings. The van der Waals surface area contributed by atoms with Crippen molar-refractivity contribution in [3.8, 4) is 11.5 Å². The molecule has 0 amide bonds. The van der Waals surface area contributed by atoms with Gasteiger partial charge in [0.2, 0.25) is 0 Å². The fourth-order valence-corrected chi connectivity index (χ4v) is 1.65. The topological polar surface area (TPSA) is 30.5 Å². The molecule has 0 saturated carbocycles. The van der Waals surface area contributed by atoms with Gasteiger partial charge in [-0.25, -0.2) is 4.39 Å². The standard InChI is InChI=1S/C14H14FNO2/c1-17-13-8-7-10(9-11(13)15)16-12-5-3-4-6-14(12)18-2/h3-9,16H,1-2H3. The average Bonchev–Trinajstić information content (AvgIpc) is 2.39. The van der Waals surface area contributed by atoms with Crippen LogP contribution in [0.25, 0.3) is 0 Å². The molecule has 2 aromatic carbocycles. The largest absolute Gasteiger partial charge is 0.495 e. The summed E-state index contributed by atoms with van der Waals surface area (Å²) in [4.78, 5) is 0. The van der Waals surface area contributed by atoms with Gasteiger partial charge in [-0.2, -0.15) is 0 Å². The second kappa shape index (κ2) is 5.40. The number of anilines is 2. The number of halogens is 1. The summed E-state index contributed by atoms with van der Waals surface area (Å²) in [5.74, 6) is 0.520. The molecule has 0 heterocycles. The first kappa shape index (κ1) is 12.2. The highest BCUT2D eigenvalue weighted by molar-refractivity contribution is 5.66. The average molecular weight is 247 g/mol. The van der Waals surface area contributed by atoms with Gasteiger partial charge in [0.25, 0.3) is 0 Å². The van der Waals surface area contributed by atoms with Gasteiger partial charge in [0.1, 0.15) is 5.75 Å². The fourth-order valence-electron chi connectivity index (χ4n) is 1.65. The van der Waals surface area contributed by atoms with Crippen LogP contribution in [0.2, 0.25) is 0 Å². The zero-order valence-electron chi connectivity index (χ0n) is 10.2. The van der Waals surface area contributed by atoms with Crippen molar-refractivity contribution in [1.82, 2.24) is 0 Å². The number of ether oxygens (including phenoxy) is 2. The van der Waals surface area contributed by atoms with Crippen LogP contribution in [0.3, 0.4) is 0 Å². The van der Waals surface area contributed by atoms with E-state index in [1.807, 2.05) is 24.3 Å². The Morgan fingerprint density at radius 3 is 2.33 bits per heavy atom. The molecule has 0 aliphatic carbocycles. The van der Waals surface area contributed by atoms with E-state index in [1.165, 1.54) is 13.2 Å². The molecule has 3 nitrogen and oxygen atoms in total. The third kappa shape index (κ3) is 2.53. The van der Waals surface area contributed by atoms with Gasteiger partial charge in [0.05, 0.1) is 19.9 Å². The molecule has 0 unspecified atom stereocenters. The molecule has 0 aliphatic rings. The highest BCUT2D eigenvalue weighted by Crippen LogP contribution is 2.28. The number of para-hydroxylation sites is 2. The van der Waals surface area contributed by atoms with Crippen molar-refractivity contribution in [3.63, 3.8) is 0 Å². The van der Waals surface area contributed by atoms with Crippen LogP contribution < -0.4 is 14.8 Å². The Balaban J connectivity index is 2.26. The molecule has 0 aliphatic heterocycles. The summed E-state index contributed by atoms with van der Waals surface area (Å²) < 4.78 is 23.6. The normalized spacial score (nSPS) is 9.94. The fraction of sp³-hybridized carbons (Fsp3) is 0.143. The zero-order valence-corrected chi connectivity index (χ0v) is 10.2. The van der Waals surface area contributed by atoms with Crippen LogP contribution in [-0.2, 0) is 0 Å². The molecule has 0 bridgehead atoms. The predicted molar refractivity (Wildman–Crippen MR) is 69.2 cm³/mol. The predicted octanol–water partition coefficient (Wildman–Crippen LogP) is 3.59. The maximum absolute atomic E-state index is 13.5. The van der Waals surface area contributed by atoms with Gasteiger partial charge in [-0.1, -0.05) is 12.1 Å². The lowest BCUT2D eigenvalue weighted by Crippen LogP contribution is -1.95. The smallest absolute Gasteiger partial charge is 0.167 e. The number of benzene rings is 2. The molecule has 4 heteroatoms. The maximum Gasteiger partial charge on any atom is 0.167 e. The minimum absolute atomic E-state index is 0.223. The number of rotatable bonds is 4. The quantitative estimate of drug-likeness (QED) is 0.895. The third-order valence-corrected chi connectivity index (χ3v) is 2.54. The monoisotopic (exact) mass is 247 g/mol. The van der Waals surface area contributed by atoms with Crippen molar-refractivity contribution in [2.24, 2.45) is 0 Å². The lowest BCUT2D eigenvalue weighted by atomic mass is 10.2. The van der Waals surface area contributed by atoms with E-state index in [-0.39, 0.29) is 5.75 Å². The Hall–Kier alpha value is -2.23. The van der Waals surface area contributed by atoms with Gasteiger partial charge in [0.15, 0.2) is 11.6 Å². The van der Waals surface area contributed by atoms with Crippen LogP contribution in [0.1, 0.15) is 0 Å². The molecule has 1 N–H and O–H groups in total. The number of hydrogen-bond donors (Lipinski definition) is 1. The molecule has 2 rings (SSSR count). The Labute approximate surface area is 105 Å². The van der Waals surface area contributed by atoms with E-state index >= 15 is 0 Å². The second-order valence-electron chi connectivity index (χ2n) is 3.67. The Bertz CT molecular complexity index is 543. The van der Waals surface area contributed by atoms with Crippen LogP contribution in [-0.4, -0.2) is 14.2 Å². The van der Waals surface area contributed by atoms with Gasteiger partial charge in [-0.3, -0.25) is 0 Å². The van der Waals surface area contributed by atoms with Crippen molar-refractivity contribution in [2.75, 3.05) is 19.5 Å². The minimum Gasteiger partial charge on any atom is -0.495 e. The first-order valence-electron chi connectivity index (χ1n) is 5.48. The Morgan fingerprint density at radius 1 is 0.944 bits per heavy atom. The molecule has 0 atom stereocenters. The van der Waals surface area contributed by atoms with Crippen molar-refractivity contribution in [3.05, 3.63) is 48.3 Å². The summed E-state index contributed by atoms with van der Waals surface area (Å²) in [7, 11) is 3.03. The highest BCUT2D eigenvalue weighted by Gasteiger charge is 2.05. The van der Waals surface area contributed by atoms with E-state index in [0.717, 1.165) is 5.69 Å². The van der Waals surface area contributed by atoms with E-state index in [0.29, 0.717) is 11.4 Å². The van der Waals surface area contributed by atoms with Crippen molar-refractivity contribution in [2.45, 2.75) is 0 Å². The summed E-state index contributed by atoms with van der Waals surface area (Å²) in [6.45, 7) is 0. The first-order chi connectivity index (χ1) is 8.74. The summed E-state index contributed by atoms with van der Waals surface area (Å²) in [6.07, 6.45) is 0. The van der Waals surface area contributed by atoms with Crippen molar-refractivity contribution in [1.29, 1.82) is 0 Å². The molecule has 0 spiro atoms. The molecule has 0 aromatic heterocycles. The van der Waals surface area contributed by atoms with Crippen LogP contribution >= 0.6 is 0 Å². The van der Waals surface area contributed by atoms with Crippen LogP contribution in [0, 0.1) is 5.82 Å². The van der Waals surface area contributed by atoms with Crippen molar-refractivity contribution < 1.29 is 13.9 Å². The zero-order chi connectivity index (χ0) is 13.0. The van der Waals surface area contributed by atoms with E-state index in [2.05, 4.69) is 5.32 Å². The minimum atomic E-state index is -0.405. The SMILES string of the molecule is COc1ccc(Nc2ccccc2OC)cc1F. The molecule has 2 aromatic rings. The summed E-state index contributed by atoms with van der Waals surface area (Å²) in [6, 6.07) is 12.2. The maximum atomic E-state index is 13.5. The van der Waals surface area contributed by atoms with Crippen LogP contribution in [0.4, 0.5) is 15.8 Å².